The molecule has 0 saturated heterocycles. The minimum Gasteiger partial charge on any atom is -0.495 e. The lowest BCUT2D eigenvalue weighted by Gasteiger charge is -2.11. The second-order valence-electron chi connectivity index (χ2n) is 2.76. The van der Waals surface area contributed by atoms with Crippen molar-refractivity contribution in [3.8, 4) is 5.75 Å². The first-order valence-corrected chi connectivity index (χ1v) is 4.39. The second kappa shape index (κ2) is 4.59. The molecule has 1 rings (SSSR count). The van der Waals surface area contributed by atoms with E-state index < -0.39 is 11.9 Å². The van der Waals surface area contributed by atoms with Crippen LogP contribution in [-0.2, 0) is 0 Å². The molecule has 0 aromatic heterocycles. The summed E-state index contributed by atoms with van der Waals surface area (Å²) in [6.07, 6.45) is -1.04. The van der Waals surface area contributed by atoms with E-state index in [1.807, 2.05) is 0 Å². The Morgan fingerprint density at radius 1 is 1.64 bits per heavy atom. The van der Waals surface area contributed by atoms with Gasteiger partial charge in [0.15, 0.2) is 0 Å². The first kappa shape index (κ1) is 11.2. The van der Waals surface area contributed by atoms with Gasteiger partial charge in [-0.1, -0.05) is 11.6 Å². The van der Waals surface area contributed by atoms with E-state index in [9.17, 15) is 9.50 Å². The van der Waals surface area contributed by atoms with Gasteiger partial charge in [-0.25, -0.2) is 4.39 Å². The van der Waals surface area contributed by atoms with Gasteiger partial charge in [-0.05, 0) is 12.1 Å². The zero-order chi connectivity index (χ0) is 10.7. The molecule has 0 aliphatic rings. The molecule has 0 radical (unpaired) electrons. The minimum atomic E-state index is -1.04. The molecular weight excluding hydrogens is 209 g/mol. The third-order valence-electron chi connectivity index (χ3n) is 1.85. The Morgan fingerprint density at radius 2 is 2.29 bits per heavy atom. The molecule has 14 heavy (non-hydrogen) atoms. The zero-order valence-electron chi connectivity index (χ0n) is 7.63. The first-order chi connectivity index (χ1) is 6.60. The fourth-order valence-electron chi connectivity index (χ4n) is 1.08. The topological polar surface area (TPSA) is 55.5 Å². The van der Waals surface area contributed by atoms with Crippen molar-refractivity contribution in [2.45, 2.75) is 6.10 Å². The highest BCUT2D eigenvalue weighted by Gasteiger charge is 2.14. The van der Waals surface area contributed by atoms with Gasteiger partial charge >= 0.3 is 0 Å². The Labute approximate surface area is 86.2 Å². The van der Waals surface area contributed by atoms with Gasteiger partial charge in [0.25, 0.3) is 0 Å². The first-order valence-electron chi connectivity index (χ1n) is 4.01. The molecule has 1 aromatic carbocycles. The summed E-state index contributed by atoms with van der Waals surface area (Å²) in [6, 6.07) is 2.43. The lowest BCUT2D eigenvalue weighted by molar-refractivity contribution is 0.181. The molecule has 1 unspecified atom stereocenters. The van der Waals surface area contributed by atoms with Crippen LogP contribution in [0.25, 0.3) is 0 Å². The molecule has 0 aliphatic carbocycles. The molecule has 0 heterocycles. The monoisotopic (exact) mass is 219 g/mol. The number of hydrogen-bond donors (Lipinski definition) is 2. The normalized spacial score (nSPS) is 12.6. The number of nitrogens with two attached hydrogens (primary N) is 1. The van der Waals surface area contributed by atoms with E-state index >= 15 is 0 Å². The number of hydrogen-bond acceptors (Lipinski definition) is 3. The molecule has 3 nitrogen and oxygen atoms in total. The molecule has 0 amide bonds. The minimum absolute atomic E-state index is 0.0539. The van der Waals surface area contributed by atoms with Gasteiger partial charge in [0.1, 0.15) is 11.6 Å². The van der Waals surface area contributed by atoms with Crippen LogP contribution in [0.2, 0.25) is 5.02 Å². The van der Waals surface area contributed by atoms with Crippen molar-refractivity contribution >= 4 is 11.6 Å². The van der Waals surface area contributed by atoms with Crippen molar-refractivity contribution < 1.29 is 14.2 Å². The number of rotatable bonds is 3. The Bertz CT molecular complexity index is 333. The highest BCUT2D eigenvalue weighted by atomic mass is 35.5. The summed E-state index contributed by atoms with van der Waals surface area (Å²) < 4.78 is 18.1. The summed E-state index contributed by atoms with van der Waals surface area (Å²) in [5.74, 6) is -0.274. The summed E-state index contributed by atoms with van der Waals surface area (Å²) in [5, 5.41) is 9.52. The Balaban J connectivity index is 3.17. The predicted octanol–water partition coefficient (Wildman–Crippen LogP) is 1.48. The number of aliphatic hydroxyl groups excluding tert-OH is 1. The van der Waals surface area contributed by atoms with E-state index in [4.69, 9.17) is 22.1 Å². The standard InChI is InChI=1S/C9H11ClFNO2/c1-14-9-2-5(8(13)4-12)7(11)3-6(9)10/h2-3,8,13H,4,12H2,1H3. The number of methoxy groups -OCH3 is 1. The van der Waals surface area contributed by atoms with E-state index in [0.29, 0.717) is 5.75 Å². The Morgan fingerprint density at radius 3 is 2.79 bits per heavy atom. The number of ether oxygens (including phenoxy) is 1. The maximum absolute atomic E-state index is 13.2. The van der Waals surface area contributed by atoms with E-state index in [-0.39, 0.29) is 17.1 Å². The Kier molecular flexibility index (Phi) is 3.69. The summed E-state index contributed by atoms with van der Waals surface area (Å²) in [5.41, 5.74) is 5.30. The van der Waals surface area contributed by atoms with Crippen LogP contribution in [0.1, 0.15) is 11.7 Å². The average molecular weight is 220 g/mol. The third-order valence-corrected chi connectivity index (χ3v) is 2.15. The molecule has 1 aromatic rings. The molecule has 0 aliphatic heterocycles. The van der Waals surface area contributed by atoms with E-state index in [2.05, 4.69) is 0 Å². The van der Waals surface area contributed by atoms with Crippen LogP contribution in [0, 0.1) is 5.82 Å². The van der Waals surface area contributed by atoms with E-state index in [1.54, 1.807) is 0 Å². The van der Waals surface area contributed by atoms with Crippen LogP contribution in [0.3, 0.4) is 0 Å². The van der Waals surface area contributed by atoms with Gasteiger partial charge in [0.05, 0.1) is 18.2 Å². The zero-order valence-corrected chi connectivity index (χ0v) is 8.38. The quantitative estimate of drug-likeness (QED) is 0.810. The lowest BCUT2D eigenvalue weighted by Crippen LogP contribution is -2.13. The van der Waals surface area contributed by atoms with E-state index in [0.717, 1.165) is 6.07 Å². The number of aliphatic hydroxyl groups is 1. The molecule has 78 valence electrons. The third kappa shape index (κ3) is 2.15. The molecule has 0 fully saturated rings. The van der Waals surface area contributed by atoms with Gasteiger partial charge in [0, 0.05) is 12.1 Å². The summed E-state index contributed by atoms with van der Waals surface area (Å²) in [6.45, 7) is -0.0539. The van der Waals surface area contributed by atoms with Gasteiger partial charge in [-0.3, -0.25) is 0 Å². The molecule has 1 atom stereocenters. The van der Waals surface area contributed by atoms with Crippen LogP contribution in [-0.4, -0.2) is 18.8 Å². The van der Waals surface area contributed by atoms with Crippen LogP contribution >= 0.6 is 11.6 Å². The van der Waals surface area contributed by atoms with Crippen LogP contribution in [0.15, 0.2) is 12.1 Å². The van der Waals surface area contributed by atoms with Crippen molar-refractivity contribution in [3.05, 3.63) is 28.5 Å². The van der Waals surface area contributed by atoms with Crippen molar-refractivity contribution in [2.75, 3.05) is 13.7 Å². The van der Waals surface area contributed by atoms with Gasteiger partial charge in [0.2, 0.25) is 0 Å². The molecule has 5 heteroatoms. The molecule has 0 spiro atoms. The van der Waals surface area contributed by atoms with Crippen LogP contribution < -0.4 is 10.5 Å². The summed E-state index contributed by atoms with van der Waals surface area (Å²) >= 11 is 5.67. The maximum atomic E-state index is 13.2. The second-order valence-corrected chi connectivity index (χ2v) is 3.17. The average Bonchev–Trinajstić information content (AvgIpc) is 2.17. The van der Waals surface area contributed by atoms with Crippen molar-refractivity contribution in [3.63, 3.8) is 0 Å². The van der Waals surface area contributed by atoms with Crippen LogP contribution in [0.4, 0.5) is 4.39 Å². The Hall–Kier alpha value is -0.840. The SMILES string of the molecule is COc1cc(C(O)CN)c(F)cc1Cl. The number of benzene rings is 1. The number of halogens is 2. The van der Waals surface area contributed by atoms with Crippen molar-refractivity contribution in [1.82, 2.24) is 0 Å². The van der Waals surface area contributed by atoms with Crippen LogP contribution in [0.5, 0.6) is 5.75 Å². The molecular formula is C9H11ClFNO2. The van der Waals surface area contributed by atoms with Gasteiger partial charge in [-0.15, -0.1) is 0 Å². The largest absolute Gasteiger partial charge is 0.495 e. The van der Waals surface area contributed by atoms with Crippen molar-refractivity contribution in [1.29, 1.82) is 0 Å². The smallest absolute Gasteiger partial charge is 0.138 e. The molecule has 3 N–H and O–H groups in total. The lowest BCUT2D eigenvalue weighted by atomic mass is 10.1. The fraction of sp³-hybridized carbons (Fsp3) is 0.333. The highest BCUT2D eigenvalue weighted by Crippen LogP contribution is 2.29. The molecule has 0 bridgehead atoms. The van der Waals surface area contributed by atoms with Gasteiger partial charge < -0.3 is 15.6 Å². The highest BCUT2D eigenvalue weighted by molar-refractivity contribution is 6.32. The summed E-state index contributed by atoms with van der Waals surface area (Å²) in [7, 11) is 1.41. The predicted molar refractivity (Wildman–Crippen MR) is 52.0 cm³/mol. The molecule has 0 saturated carbocycles. The van der Waals surface area contributed by atoms with Gasteiger partial charge in [-0.2, -0.15) is 0 Å². The van der Waals surface area contributed by atoms with E-state index in [1.165, 1.54) is 13.2 Å². The maximum Gasteiger partial charge on any atom is 0.138 e. The van der Waals surface area contributed by atoms with Crippen molar-refractivity contribution in [2.24, 2.45) is 5.73 Å². The summed E-state index contributed by atoms with van der Waals surface area (Å²) in [4.78, 5) is 0. The fourth-order valence-corrected chi connectivity index (χ4v) is 1.31.